The van der Waals surface area contributed by atoms with Crippen LogP contribution in [0.2, 0.25) is 0 Å². The molecule has 3 aromatic rings. The Bertz CT molecular complexity index is 1090. The number of aromatic nitrogens is 3. The Balaban J connectivity index is 1.48. The first-order valence-electron chi connectivity index (χ1n) is 11.5. The molecule has 1 amide bonds. The van der Waals surface area contributed by atoms with Gasteiger partial charge in [0.05, 0.1) is 18.3 Å². The third-order valence-corrected chi connectivity index (χ3v) is 6.54. The summed E-state index contributed by atoms with van der Waals surface area (Å²) >= 11 is 0. The van der Waals surface area contributed by atoms with E-state index in [2.05, 4.69) is 35.0 Å². The lowest BCUT2D eigenvalue weighted by molar-refractivity contribution is -0.119. The summed E-state index contributed by atoms with van der Waals surface area (Å²) in [6, 6.07) is 16.4. The fraction of sp³-hybridized carbons (Fsp3) is 0.385. The Labute approximate surface area is 189 Å². The highest BCUT2D eigenvalue weighted by molar-refractivity contribution is 5.95. The van der Waals surface area contributed by atoms with Crippen molar-refractivity contribution in [3.05, 3.63) is 83.1 Å². The first kappa shape index (κ1) is 20.8. The van der Waals surface area contributed by atoms with Crippen LogP contribution in [0.4, 0.5) is 5.82 Å². The van der Waals surface area contributed by atoms with Crippen LogP contribution in [-0.2, 0) is 24.3 Å². The molecule has 0 radical (unpaired) electrons. The van der Waals surface area contributed by atoms with Crippen molar-refractivity contribution in [2.45, 2.75) is 58.2 Å². The van der Waals surface area contributed by atoms with Gasteiger partial charge in [-0.15, -0.1) is 0 Å². The third-order valence-electron chi connectivity index (χ3n) is 6.54. The third kappa shape index (κ3) is 4.28. The number of hydrogen-bond acceptors (Lipinski definition) is 5. The summed E-state index contributed by atoms with van der Waals surface area (Å²) in [6.07, 6.45) is 6.44. The van der Waals surface area contributed by atoms with Crippen LogP contribution in [0.25, 0.3) is 0 Å². The summed E-state index contributed by atoms with van der Waals surface area (Å²) in [6.45, 7) is 4.41. The highest BCUT2D eigenvalue weighted by Crippen LogP contribution is 2.35. The van der Waals surface area contributed by atoms with Crippen molar-refractivity contribution in [1.82, 2.24) is 19.9 Å². The molecule has 164 valence electrons. The average molecular weight is 428 g/mol. The van der Waals surface area contributed by atoms with Gasteiger partial charge in [-0.25, -0.2) is 9.97 Å². The number of nitrogens with zero attached hydrogens (tertiary/aromatic N) is 5. The Morgan fingerprint density at radius 3 is 2.62 bits per heavy atom. The quantitative estimate of drug-likeness (QED) is 0.604. The number of aryl methyl sites for hydroxylation is 1. The summed E-state index contributed by atoms with van der Waals surface area (Å²) in [5, 5.41) is 0. The van der Waals surface area contributed by atoms with E-state index in [0.29, 0.717) is 19.4 Å². The van der Waals surface area contributed by atoms with Gasteiger partial charge in [0.2, 0.25) is 5.91 Å². The predicted molar refractivity (Wildman–Crippen MR) is 124 cm³/mol. The number of carbonyl (C=O) groups is 1. The van der Waals surface area contributed by atoms with E-state index in [0.717, 1.165) is 60.1 Å². The van der Waals surface area contributed by atoms with Crippen LogP contribution in [0.3, 0.4) is 0 Å². The number of rotatable bonds is 5. The number of carbonyl (C=O) groups excluding carboxylic acids is 1. The zero-order valence-electron chi connectivity index (χ0n) is 18.6. The molecule has 1 fully saturated rings. The molecule has 0 bridgehead atoms. The monoisotopic (exact) mass is 427 g/mol. The molecule has 5 rings (SSSR count). The number of pyridine rings is 1. The van der Waals surface area contributed by atoms with Crippen molar-refractivity contribution >= 4 is 11.7 Å². The van der Waals surface area contributed by atoms with Crippen LogP contribution in [0.1, 0.15) is 60.1 Å². The van der Waals surface area contributed by atoms with Crippen molar-refractivity contribution < 1.29 is 4.79 Å². The molecule has 6 heteroatoms. The zero-order valence-corrected chi connectivity index (χ0v) is 18.6. The van der Waals surface area contributed by atoms with E-state index >= 15 is 0 Å². The molecule has 6 nitrogen and oxygen atoms in total. The number of benzene rings is 1. The van der Waals surface area contributed by atoms with Crippen LogP contribution in [-0.4, -0.2) is 32.3 Å². The van der Waals surface area contributed by atoms with Gasteiger partial charge in [0.25, 0.3) is 0 Å². The van der Waals surface area contributed by atoms with Gasteiger partial charge in [-0.3, -0.25) is 19.6 Å². The molecule has 1 aromatic carbocycles. The molecule has 0 aliphatic carbocycles. The molecule has 0 unspecified atom stereocenters. The molecule has 0 N–H and O–H groups in total. The maximum absolute atomic E-state index is 12.9. The Hall–Kier alpha value is -3.12. The van der Waals surface area contributed by atoms with Crippen molar-refractivity contribution in [2.24, 2.45) is 0 Å². The van der Waals surface area contributed by atoms with Crippen LogP contribution < -0.4 is 4.90 Å². The van der Waals surface area contributed by atoms with Gasteiger partial charge in [0.1, 0.15) is 11.6 Å². The van der Waals surface area contributed by atoms with Gasteiger partial charge < -0.3 is 0 Å². The molecule has 4 heterocycles. The van der Waals surface area contributed by atoms with E-state index in [9.17, 15) is 4.79 Å². The van der Waals surface area contributed by atoms with Crippen LogP contribution in [0.15, 0.2) is 54.7 Å². The van der Waals surface area contributed by atoms with Crippen LogP contribution in [0.5, 0.6) is 0 Å². The Morgan fingerprint density at radius 1 is 0.969 bits per heavy atom. The van der Waals surface area contributed by atoms with E-state index in [4.69, 9.17) is 9.97 Å². The molecule has 32 heavy (non-hydrogen) atoms. The minimum absolute atomic E-state index is 0.138. The number of piperidine rings is 1. The lowest BCUT2D eigenvalue weighted by atomic mass is 9.99. The molecule has 0 spiro atoms. The average Bonchev–Trinajstić information content (AvgIpc) is 2.82. The van der Waals surface area contributed by atoms with E-state index < -0.39 is 0 Å². The fourth-order valence-electron chi connectivity index (χ4n) is 4.85. The maximum atomic E-state index is 12.9. The summed E-state index contributed by atoms with van der Waals surface area (Å²) in [5.41, 5.74) is 4.28. The second-order valence-electron chi connectivity index (χ2n) is 8.74. The first-order chi connectivity index (χ1) is 15.7. The highest BCUT2D eigenvalue weighted by Gasteiger charge is 2.32. The molecule has 1 saturated heterocycles. The number of amides is 1. The first-order valence-corrected chi connectivity index (χ1v) is 11.5. The normalized spacial score (nSPS) is 19.1. The Morgan fingerprint density at radius 2 is 1.81 bits per heavy atom. The molecule has 1 atom stereocenters. The fourth-order valence-corrected chi connectivity index (χ4v) is 4.85. The number of likely N-dealkylation sites (tertiary alicyclic amines) is 1. The van der Waals surface area contributed by atoms with E-state index in [1.54, 1.807) is 0 Å². The van der Waals surface area contributed by atoms with Crippen molar-refractivity contribution in [3.63, 3.8) is 0 Å². The molecule has 2 aliphatic rings. The number of fused-ring (bicyclic) bond motifs is 1. The smallest absolute Gasteiger partial charge is 0.228 e. The molecular weight excluding hydrogens is 398 g/mol. The lowest BCUT2D eigenvalue weighted by Gasteiger charge is -2.36. The number of hydrogen-bond donors (Lipinski definition) is 0. The van der Waals surface area contributed by atoms with Gasteiger partial charge in [0, 0.05) is 30.4 Å². The van der Waals surface area contributed by atoms with Gasteiger partial charge in [-0.05, 0) is 50.4 Å². The van der Waals surface area contributed by atoms with Crippen molar-refractivity contribution in [2.75, 3.05) is 11.4 Å². The van der Waals surface area contributed by atoms with E-state index in [-0.39, 0.29) is 11.9 Å². The Kier molecular flexibility index (Phi) is 5.95. The van der Waals surface area contributed by atoms with Gasteiger partial charge >= 0.3 is 0 Å². The summed E-state index contributed by atoms with van der Waals surface area (Å²) < 4.78 is 0. The van der Waals surface area contributed by atoms with Gasteiger partial charge in [0.15, 0.2) is 0 Å². The van der Waals surface area contributed by atoms with Gasteiger partial charge in [-0.2, -0.15) is 0 Å². The van der Waals surface area contributed by atoms with Crippen molar-refractivity contribution in [3.8, 4) is 0 Å². The maximum Gasteiger partial charge on any atom is 0.228 e. The van der Waals surface area contributed by atoms with Gasteiger partial charge in [-0.1, -0.05) is 42.8 Å². The second kappa shape index (κ2) is 9.17. The van der Waals surface area contributed by atoms with E-state index in [1.165, 1.54) is 6.42 Å². The SMILES string of the molecule is Cc1nc([C@@H]2CCCCN2Cc2ccccn2)nc2c1CCC(=O)N2Cc1ccccc1. The summed E-state index contributed by atoms with van der Waals surface area (Å²) in [4.78, 5) is 31.7. The summed E-state index contributed by atoms with van der Waals surface area (Å²) in [5.74, 6) is 1.78. The molecular formula is C26H29N5O. The largest absolute Gasteiger partial charge is 0.292 e. The van der Waals surface area contributed by atoms with Crippen LogP contribution >= 0.6 is 0 Å². The molecule has 0 saturated carbocycles. The molecule has 2 aromatic heterocycles. The summed E-state index contributed by atoms with van der Waals surface area (Å²) in [7, 11) is 0. The van der Waals surface area contributed by atoms with E-state index in [1.807, 2.05) is 41.4 Å². The standard InChI is InChI=1S/C26H29N5O/c1-19-22-13-14-24(32)31(17-20-9-3-2-4-10-20)26(22)29-25(28-19)23-12-6-8-16-30(23)18-21-11-5-7-15-27-21/h2-5,7,9-11,15,23H,6,8,12-14,16-18H2,1H3/t23-/m0/s1. The highest BCUT2D eigenvalue weighted by atomic mass is 16.2. The van der Waals surface area contributed by atoms with Crippen molar-refractivity contribution in [1.29, 1.82) is 0 Å². The lowest BCUT2D eigenvalue weighted by Crippen LogP contribution is -2.38. The minimum atomic E-state index is 0.138. The van der Waals surface area contributed by atoms with Crippen LogP contribution in [0, 0.1) is 6.92 Å². The topological polar surface area (TPSA) is 62.2 Å². The minimum Gasteiger partial charge on any atom is -0.292 e. The zero-order chi connectivity index (χ0) is 21.9. The number of anilines is 1. The molecule has 2 aliphatic heterocycles. The predicted octanol–water partition coefficient (Wildman–Crippen LogP) is 4.39. The second-order valence-corrected chi connectivity index (χ2v) is 8.74.